The van der Waals surface area contributed by atoms with E-state index in [-0.39, 0.29) is 13.0 Å². The van der Waals surface area contributed by atoms with Gasteiger partial charge in [-0.3, -0.25) is 14.4 Å². The van der Waals surface area contributed by atoms with E-state index in [1.807, 2.05) is 0 Å². The van der Waals surface area contributed by atoms with E-state index in [0.717, 1.165) is 57.8 Å². The molecule has 0 aromatic carbocycles. The molecule has 0 heterocycles. The molecule has 0 aliphatic carbocycles. The van der Waals surface area contributed by atoms with Crippen LogP contribution in [0.4, 0.5) is 0 Å². The van der Waals surface area contributed by atoms with Gasteiger partial charge < -0.3 is 19.8 Å². The van der Waals surface area contributed by atoms with E-state index in [9.17, 15) is 19.5 Å². The number of ketones is 1. The standard InChI is InChI=1S/C21H37NO6/c1-22(2,3)17-21(28,16-20(26)27)18(23)14-12-10-8-6-4-5-7-9-11-13-15-19(24)25/h12,14,28H,4-11,13,15-17H2,1-3H3,(H-,24,25,26,27)/p+1. The van der Waals surface area contributed by atoms with Gasteiger partial charge in [0.25, 0.3) is 0 Å². The lowest BCUT2D eigenvalue weighted by Crippen LogP contribution is -2.54. The third-order valence-electron chi connectivity index (χ3n) is 4.42. The number of rotatable bonds is 17. The summed E-state index contributed by atoms with van der Waals surface area (Å²) in [6.07, 6.45) is 11.5. The average molecular weight is 401 g/mol. The van der Waals surface area contributed by atoms with Crippen molar-refractivity contribution in [3.63, 3.8) is 0 Å². The van der Waals surface area contributed by atoms with Crippen molar-refractivity contribution in [1.29, 1.82) is 0 Å². The predicted molar refractivity (Wildman–Crippen MR) is 108 cm³/mol. The van der Waals surface area contributed by atoms with Gasteiger partial charge in [-0.05, 0) is 25.3 Å². The Morgan fingerprint density at radius 3 is 1.79 bits per heavy atom. The van der Waals surface area contributed by atoms with Crippen LogP contribution in [0.1, 0.15) is 70.6 Å². The quantitative estimate of drug-likeness (QED) is 0.197. The second-order valence-corrected chi connectivity index (χ2v) is 8.58. The van der Waals surface area contributed by atoms with E-state index in [4.69, 9.17) is 10.2 Å². The molecule has 0 bridgehead atoms. The molecule has 0 radical (unpaired) electrons. The van der Waals surface area contributed by atoms with Crippen LogP contribution in [-0.4, -0.2) is 70.8 Å². The second kappa shape index (κ2) is 13.4. The molecular formula is C21H38NO6+. The lowest BCUT2D eigenvalue weighted by molar-refractivity contribution is -0.875. The summed E-state index contributed by atoms with van der Waals surface area (Å²) in [5, 5.41) is 28.1. The van der Waals surface area contributed by atoms with Crippen molar-refractivity contribution in [2.45, 2.75) is 76.2 Å². The highest BCUT2D eigenvalue weighted by molar-refractivity contribution is 5.99. The first-order chi connectivity index (χ1) is 13.0. The van der Waals surface area contributed by atoms with Gasteiger partial charge in [0.15, 0.2) is 11.4 Å². The van der Waals surface area contributed by atoms with Gasteiger partial charge in [-0.25, -0.2) is 0 Å². The number of carbonyl (C=O) groups excluding carboxylic acids is 1. The summed E-state index contributed by atoms with van der Waals surface area (Å²) >= 11 is 0. The predicted octanol–water partition coefficient (Wildman–Crippen LogP) is 3.01. The molecule has 0 rings (SSSR count). The minimum atomic E-state index is -1.89. The second-order valence-electron chi connectivity index (χ2n) is 8.58. The normalized spacial score (nSPS) is 14.1. The molecule has 7 heteroatoms. The zero-order valence-corrected chi connectivity index (χ0v) is 17.7. The zero-order chi connectivity index (χ0) is 21.6. The minimum Gasteiger partial charge on any atom is -0.481 e. The highest BCUT2D eigenvalue weighted by Crippen LogP contribution is 2.17. The van der Waals surface area contributed by atoms with E-state index in [1.165, 1.54) is 6.08 Å². The van der Waals surface area contributed by atoms with Crippen molar-refractivity contribution < 1.29 is 34.2 Å². The molecule has 0 saturated carbocycles. The summed E-state index contributed by atoms with van der Waals surface area (Å²) in [7, 11) is 5.40. The summed E-state index contributed by atoms with van der Waals surface area (Å²) in [5.41, 5.74) is -1.89. The average Bonchev–Trinajstić information content (AvgIpc) is 2.52. The van der Waals surface area contributed by atoms with Crippen molar-refractivity contribution in [3.8, 4) is 0 Å². The largest absolute Gasteiger partial charge is 0.481 e. The monoisotopic (exact) mass is 400 g/mol. The molecule has 0 fully saturated rings. The maximum Gasteiger partial charge on any atom is 0.307 e. The Morgan fingerprint density at radius 2 is 1.32 bits per heavy atom. The Balaban J connectivity index is 4.04. The highest BCUT2D eigenvalue weighted by atomic mass is 16.4. The first-order valence-corrected chi connectivity index (χ1v) is 10.1. The van der Waals surface area contributed by atoms with Crippen molar-refractivity contribution in [2.75, 3.05) is 27.7 Å². The fourth-order valence-electron chi connectivity index (χ4n) is 3.20. The highest BCUT2D eigenvalue weighted by Gasteiger charge is 2.41. The maximum absolute atomic E-state index is 12.3. The first-order valence-electron chi connectivity index (χ1n) is 10.1. The van der Waals surface area contributed by atoms with Crippen molar-refractivity contribution in [3.05, 3.63) is 12.2 Å². The number of likely N-dealkylation sites (N-methyl/N-ethyl adjacent to an activating group) is 1. The number of quaternary nitrogens is 1. The molecule has 7 nitrogen and oxygen atoms in total. The van der Waals surface area contributed by atoms with Crippen LogP contribution in [0.25, 0.3) is 0 Å². The Labute approximate surface area is 168 Å². The van der Waals surface area contributed by atoms with Gasteiger partial charge in [0, 0.05) is 6.42 Å². The number of hydrogen-bond acceptors (Lipinski definition) is 4. The van der Waals surface area contributed by atoms with Crippen LogP contribution in [0.15, 0.2) is 12.2 Å². The van der Waals surface area contributed by atoms with Crippen LogP contribution in [0.5, 0.6) is 0 Å². The SMILES string of the molecule is C[N+](C)(C)CC(O)(CC(=O)O)C(=O)C=CCCCCCCCCCCC(=O)O. The summed E-state index contributed by atoms with van der Waals surface area (Å²) in [5.74, 6) is -2.48. The summed E-state index contributed by atoms with van der Waals surface area (Å²) in [6, 6.07) is 0. The Bertz CT molecular complexity index is 523. The number of nitrogens with zero attached hydrogens (tertiary/aromatic N) is 1. The zero-order valence-electron chi connectivity index (χ0n) is 17.7. The molecule has 1 unspecified atom stereocenters. The number of carboxylic acids is 2. The Kier molecular flexibility index (Phi) is 12.6. The molecule has 0 aromatic rings. The first kappa shape index (κ1) is 26.3. The Morgan fingerprint density at radius 1 is 0.821 bits per heavy atom. The maximum atomic E-state index is 12.3. The van der Waals surface area contributed by atoms with E-state index >= 15 is 0 Å². The molecule has 0 aliphatic rings. The van der Waals surface area contributed by atoms with E-state index in [0.29, 0.717) is 4.48 Å². The van der Waals surface area contributed by atoms with Gasteiger partial charge in [0.1, 0.15) is 6.54 Å². The van der Waals surface area contributed by atoms with Crippen LogP contribution >= 0.6 is 0 Å². The Hall–Kier alpha value is -1.73. The van der Waals surface area contributed by atoms with Gasteiger partial charge in [0.2, 0.25) is 0 Å². The van der Waals surface area contributed by atoms with Gasteiger partial charge >= 0.3 is 11.9 Å². The van der Waals surface area contributed by atoms with Crippen LogP contribution in [0.2, 0.25) is 0 Å². The minimum absolute atomic E-state index is 0.0366. The molecule has 1 atom stereocenters. The number of unbranched alkanes of at least 4 members (excludes halogenated alkanes) is 8. The van der Waals surface area contributed by atoms with Gasteiger partial charge in [-0.1, -0.05) is 44.6 Å². The topological polar surface area (TPSA) is 112 Å². The fraction of sp³-hybridized carbons (Fsp3) is 0.762. The fourth-order valence-corrected chi connectivity index (χ4v) is 3.20. The number of carboxylic acid groups (broad SMARTS) is 2. The number of hydrogen-bond donors (Lipinski definition) is 3. The van der Waals surface area contributed by atoms with Gasteiger partial charge in [0.05, 0.1) is 27.6 Å². The number of aliphatic hydroxyl groups is 1. The van der Waals surface area contributed by atoms with E-state index < -0.39 is 29.7 Å². The molecule has 162 valence electrons. The summed E-state index contributed by atoms with van der Waals surface area (Å²) < 4.78 is 0.291. The molecular weight excluding hydrogens is 362 g/mol. The molecule has 28 heavy (non-hydrogen) atoms. The molecule has 0 spiro atoms. The smallest absolute Gasteiger partial charge is 0.307 e. The van der Waals surface area contributed by atoms with Gasteiger partial charge in [-0.2, -0.15) is 0 Å². The van der Waals surface area contributed by atoms with Crippen molar-refractivity contribution >= 4 is 17.7 Å². The van der Waals surface area contributed by atoms with Crippen LogP contribution in [-0.2, 0) is 14.4 Å². The molecule has 0 aliphatic heterocycles. The van der Waals surface area contributed by atoms with Crippen LogP contribution in [0.3, 0.4) is 0 Å². The lowest BCUT2D eigenvalue weighted by Gasteiger charge is -2.33. The molecule has 3 N–H and O–H groups in total. The number of allylic oxidation sites excluding steroid dienone is 1. The third kappa shape index (κ3) is 14.3. The van der Waals surface area contributed by atoms with E-state index in [1.54, 1.807) is 27.2 Å². The summed E-state index contributed by atoms with van der Waals surface area (Å²) in [4.78, 5) is 33.8. The molecule has 0 amide bonds. The van der Waals surface area contributed by atoms with Crippen LogP contribution in [0, 0.1) is 0 Å². The number of aliphatic carboxylic acids is 2. The summed E-state index contributed by atoms with van der Waals surface area (Å²) in [6.45, 7) is 0.0366. The van der Waals surface area contributed by atoms with E-state index in [2.05, 4.69) is 0 Å². The van der Waals surface area contributed by atoms with Crippen LogP contribution < -0.4 is 0 Å². The van der Waals surface area contributed by atoms with Gasteiger partial charge in [-0.15, -0.1) is 0 Å². The lowest BCUT2D eigenvalue weighted by atomic mass is 9.92. The van der Waals surface area contributed by atoms with Crippen molar-refractivity contribution in [1.82, 2.24) is 0 Å². The molecule has 0 saturated heterocycles. The molecule has 0 aromatic heterocycles. The van der Waals surface area contributed by atoms with Crippen molar-refractivity contribution in [2.24, 2.45) is 0 Å². The number of carbonyl (C=O) groups is 3. The third-order valence-corrected chi connectivity index (χ3v) is 4.42.